The summed E-state index contributed by atoms with van der Waals surface area (Å²) in [7, 11) is 0. The Bertz CT molecular complexity index is 471. The fourth-order valence-corrected chi connectivity index (χ4v) is 1.76. The van der Waals surface area contributed by atoms with E-state index in [4.69, 9.17) is 10.2 Å². The minimum Gasteiger partial charge on any atom is -0.396 e. The Balaban J connectivity index is 2.72. The van der Waals surface area contributed by atoms with Crippen LogP contribution < -0.4 is 0 Å². The standard InChI is InChI=1S/C16H21NO3/c1-2-17(11-5-13-19)16(20)15-9-7-14(8-10-15)6-3-4-12-18/h7-10,18-19H,2,4-5,11-13H2,1H3. The Kier molecular flexibility index (Phi) is 7.41. The summed E-state index contributed by atoms with van der Waals surface area (Å²) < 4.78 is 0. The molecule has 0 atom stereocenters. The van der Waals surface area contributed by atoms with Crippen LogP contribution in [0.4, 0.5) is 0 Å². The van der Waals surface area contributed by atoms with Crippen LogP contribution in [0.1, 0.15) is 35.7 Å². The van der Waals surface area contributed by atoms with Gasteiger partial charge in [0.1, 0.15) is 0 Å². The van der Waals surface area contributed by atoms with Gasteiger partial charge in [-0.3, -0.25) is 4.79 Å². The van der Waals surface area contributed by atoms with Gasteiger partial charge in [0.25, 0.3) is 5.91 Å². The maximum atomic E-state index is 12.2. The van der Waals surface area contributed by atoms with Crippen LogP contribution in [0.25, 0.3) is 0 Å². The minimum atomic E-state index is -0.0317. The van der Waals surface area contributed by atoms with Gasteiger partial charge in [-0.25, -0.2) is 0 Å². The Hall–Kier alpha value is -1.83. The molecule has 0 aromatic heterocycles. The molecule has 0 heterocycles. The smallest absolute Gasteiger partial charge is 0.253 e. The molecular weight excluding hydrogens is 254 g/mol. The molecule has 4 nitrogen and oxygen atoms in total. The highest BCUT2D eigenvalue weighted by atomic mass is 16.3. The third kappa shape index (κ3) is 5.04. The van der Waals surface area contributed by atoms with Crippen molar-refractivity contribution < 1.29 is 15.0 Å². The van der Waals surface area contributed by atoms with E-state index in [9.17, 15) is 4.79 Å². The number of hydrogen-bond acceptors (Lipinski definition) is 3. The van der Waals surface area contributed by atoms with Crippen LogP contribution in [0.3, 0.4) is 0 Å². The molecule has 0 saturated heterocycles. The first-order valence-electron chi connectivity index (χ1n) is 6.82. The van der Waals surface area contributed by atoms with Gasteiger partial charge in [0, 0.05) is 37.2 Å². The molecule has 0 radical (unpaired) electrons. The third-order valence-electron chi connectivity index (χ3n) is 2.86. The molecule has 1 rings (SSSR count). The van der Waals surface area contributed by atoms with Gasteiger partial charge in [-0.2, -0.15) is 0 Å². The van der Waals surface area contributed by atoms with E-state index in [1.54, 1.807) is 29.2 Å². The van der Waals surface area contributed by atoms with Crippen LogP contribution >= 0.6 is 0 Å². The van der Waals surface area contributed by atoms with Crippen LogP contribution in [0.2, 0.25) is 0 Å². The van der Waals surface area contributed by atoms with Crippen LogP contribution in [0.15, 0.2) is 24.3 Å². The summed E-state index contributed by atoms with van der Waals surface area (Å²) in [6.45, 7) is 3.24. The maximum absolute atomic E-state index is 12.2. The molecule has 1 aromatic rings. The average molecular weight is 275 g/mol. The fraction of sp³-hybridized carbons (Fsp3) is 0.438. The molecule has 108 valence electrons. The molecule has 0 spiro atoms. The van der Waals surface area contributed by atoms with E-state index in [2.05, 4.69) is 11.8 Å². The zero-order chi connectivity index (χ0) is 14.8. The van der Waals surface area contributed by atoms with Crippen molar-refractivity contribution in [2.75, 3.05) is 26.3 Å². The SMILES string of the molecule is CCN(CCCO)C(=O)c1ccc(C#CCCO)cc1. The summed E-state index contributed by atoms with van der Waals surface area (Å²) in [5.74, 6) is 5.73. The lowest BCUT2D eigenvalue weighted by Gasteiger charge is -2.20. The quantitative estimate of drug-likeness (QED) is 0.769. The van der Waals surface area contributed by atoms with Crippen molar-refractivity contribution >= 4 is 5.91 Å². The molecule has 1 aromatic carbocycles. The van der Waals surface area contributed by atoms with E-state index in [1.807, 2.05) is 6.92 Å². The van der Waals surface area contributed by atoms with Gasteiger partial charge < -0.3 is 15.1 Å². The van der Waals surface area contributed by atoms with E-state index in [-0.39, 0.29) is 19.1 Å². The van der Waals surface area contributed by atoms with Crippen LogP contribution in [0, 0.1) is 11.8 Å². The molecule has 1 amide bonds. The van der Waals surface area contributed by atoms with Gasteiger partial charge >= 0.3 is 0 Å². The van der Waals surface area contributed by atoms with E-state index in [0.29, 0.717) is 31.5 Å². The highest BCUT2D eigenvalue weighted by Crippen LogP contribution is 2.08. The molecule has 0 aliphatic carbocycles. The minimum absolute atomic E-state index is 0.0317. The highest BCUT2D eigenvalue weighted by Gasteiger charge is 2.13. The Morgan fingerprint density at radius 1 is 1.20 bits per heavy atom. The summed E-state index contributed by atoms with van der Waals surface area (Å²) in [6.07, 6.45) is 1.04. The summed E-state index contributed by atoms with van der Waals surface area (Å²) in [5, 5.41) is 17.5. The molecule has 0 bridgehead atoms. The van der Waals surface area contributed by atoms with Crippen molar-refractivity contribution in [2.45, 2.75) is 19.8 Å². The molecular formula is C16H21NO3. The van der Waals surface area contributed by atoms with Crippen molar-refractivity contribution in [3.63, 3.8) is 0 Å². The largest absolute Gasteiger partial charge is 0.396 e. The number of carbonyl (C=O) groups is 1. The molecule has 0 aliphatic heterocycles. The fourth-order valence-electron chi connectivity index (χ4n) is 1.76. The van der Waals surface area contributed by atoms with Gasteiger partial charge in [-0.15, -0.1) is 0 Å². The van der Waals surface area contributed by atoms with Crippen LogP contribution in [-0.2, 0) is 0 Å². The lowest BCUT2D eigenvalue weighted by Crippen LogP contribution is -2.32. The number of aliphatic hydroxyl groups excluding tert-OH is 2. The topological polar surface area (TPSA) is 60.8 Å². The third-order valence-corrected chi connectivity index (χ3v) is 2.86. The van der Waals surface area contributed by atoms with Crippen molar-refractivity contribution in [1.29, 1.82) is 0 Å². The Morgan fingerprint density at radius 2 is 1.90 bits per heavy atom. The van der Waals surface area contributed by atoms with Crippen molar-refractivity contribution in [2.24, 2.45) is 0 Å². The van der Waals surface area contributed by atoms with Gasteiger partial charge in [0.2, 0.25) is 0 Å². The Labute approximate surface area is 120 Å². The Morgan fingerprint density at radius 3 is 2.45 bits per heavy atom. The molecule has 4 heteroatoms. The van der Waals surface area contributed by atoms with Crippen LogP contribution in [-0.4, -0.2) is 47.3 Å². The first kappa shape index (κ1) is 16.2. The number of aliphatic hydroxyl groups is 2. The second-order valence-corrected chi connectivity index (χ2v) is 4.31. The zero-order valence-electron chi connectivity index (χ0n) is 11.8. The molecule has 0 saturated carbocycles. The number of hydrogen-bond donors (Lipinski definition) is 2. The van der Waals surface area contributed by atoms with Crippen LogP contribution in [0.5, 0.6) is 0 Å². The number of carbonyl (C=O) groups excluding carboxylic acids is 1. The van der Waals surface area contributed by atoms with E-state index < -0.39 is 0 Å². The number of nitrogens with zero attached hydrogens (tertiary/aromatic N) is 1. The van der Waals surface area contributed by atoms with Gasteiger partial charge in [0.15, 0.2) is 0 Å². The van der Waals surface area contributed by atoms with E-state index in [0.717, 1.165) is 5.56 Å². The molecule has 0 unspecified atom stereocenters. The van der Waals surface area contributed by atoms with Crippen molar-refractivity contribution in [3.8, 4) is 11.8 Å². The molecule has 0 aliphatic rings. The van der Waals surface area contributed by atoms with Gasteiger partial charge in [0.05, 0.1) is 6.61 Å². The summed E-state index contributed by atoms with van der Waals surface area (Å²) >= 11 is 0. The monoisotopic (exact) mass is 275 g/mol. The summed E-state index contributed by atoms with van der Waals surface area (Å²) in [4.78, 5) is 13.9. The zero-order valence-corrected chi connectivity index (χ0v) is 11.8. The number of benzene rings is 1. The van der Waals surface area contributed by atoms with E-state index >= 15 is 0 Å². The van der Waals surface area contributed by atoms with Crippen molar-refractivity contribution in [1.82, 2.24) is 4.90 Å². The maximum Gasteiger partial charge on any atom is 0.253 e. The lowest BCUT2D eigenvalue weighted by atomic mass is 10.1. The first-order chi connectivity index (χ1) is 9.72. The predicted molar refractivity (Wildman–Crippen MR) is 78.3 cm³/mol. The highest BCUT2D eigenvalue weighted by molar-refractivity contribution is 5.94. The second-order valence-electron chi connectivity index (χ2n) is 4.31. The molecule has 2 N–H and O–H groups in total. The number of amides is 1. The predicted octanol–water partition coefficient (Wildman–Crippen LogP) is 1.26. The first-order valence-corrected chi connectivity index (χ1v) is 6.82. The average Bonchev–Trinajstić information content (AvgIpc) is 2.49. The van der Waals surface area contributed by atoms with Gasteiger partial charge in [-0.05, 0) is 37.6 Å². The normalized spacial score (nSPS) is 9.75. The molecule has 20 heavy (non-hydrogen) atoms. The number of rotatable bonds is 6. The summed E-state index contributed by atoms with van der Waals surface area (Å²) in [5.41, 5.74) is 1.45. The summed E-state index contributed by atoms with van der Waals surface area (Å²) in [6, 6.07) is 7.12. The van der Waals surface area contributed by atoms with E-state index in [1.165, 1.54) is 0 Å². The van der Waals surface area contributed by atoms with Crippen molar-refractivity contribution in [3.05, 3.63) is 35.4 Å². The second kappa shape index (κ2) is 9.13. The lowest BCUT2D eigenvalue weighted by molar-refractivity contribution is 0.0754. The van der Waals surface area contributed by atoms with Gasteiger partial charge in [-0.1, -0.05) is 11.8 Å². The molecule has 0 fully saturated rings.